The molecule has 1 aromatic carbocycles. The molecule has 0 bridgehead atoms. The van der Waals surface area contributed by atoms with Gasteiger partial charge in [0.2, 0.25) is 5.91 Å². The smallest absolute Gasteiger partial charge is 0.337 e. The molecule has 0 saturated carbocycles. The van der Waals surface area contributed by atoms with E-state index in [1.54, 1.807) is 22.9 Å². The SMILES string of the molecule is CCN(CC)C(=O)CN(C)c1cc(N)ccc1C(=O)O. The Bertz CT molecular complexity index is 498. The maximum absolute atomic E-state index is 12.1. The fourth-order valence-electron chi connectivity index (χ4n) is 2.01. The van der Waals surface area contributed by atoms with Crippen LogP contribution in [0, 0.1) is 0 Å². The summed E-state index contributed by atoms with van der Waals surface area (Å²) in [5, 5.41) is 9.18. The largest absolute Gasteiger partial charge is 0.478 e. The zero-order valence-corrected chi connectivity index (χ0v) is 12.1. The van der Waals surface area contributed by atoms with Crippen LogP contribution in [-0.4, -0.2) is 48.6 Å². The van der Waals surface area contributed by atoms with Gasteiger partial charge in [-0.05, 0) is 32.0 Å². The van der Waals surface area contributed by atoms with Crippen molar-refractivity contribution in [2.24, 2.45) is 0 Å². The first-order chi connectivity index (χ1) is 9.40. The second-order valence-electron chi connectivity index (χ2n) is 4.50. The summed E-state index contributed by atoms with van der Waals surface area (Å²) in [6.45, 7) is 5.19. The van der Waals surface area contributed by atoms with Crippen LogP contribution in [0.4, 0.5) is 11.4 Å². The van der Waals surface area contributed by atoms with Crippen LogP contribution in [-0.2, 0) is 4.79 Å². The van der Waals surface area contributed by atoms with Gasteiger partial charge < -0.3 is 20.6 Å². The van der Waals surface area contributed by atoms with Gasteiger partial charge in [-0.3, -0.25) is 4.79 Å². The molecule has 1 aromatic rings. The summed E-state index contributed by atoms with van der Waals surface area (Å²) < 4.78 is 0. The van der Waals surface area contributed by atoms with Gasteiger partial charge in [-0.2, -0.15) is 0 Å². The molecule has 0 aromatic heterocycles. The van der Waals surface area contributed by atoms with Crippen LogP contribution < -0.4 is 10.6 Å². The fraction of sp³-hybridized carbons (Fsp3) is 0.429. The fourth-order valence-corrected chi connectivity index (χ4v) is 2.01. The van der Waals surface area contributed by atoms with Gasteiger partial charge in [0, 0.05) is 25.8 Å². The van der Waals surface area contributed by atoms with Gasteiger partial charge in [-0.25, -0.2) is 4.79 Å². The number of carbonyl (C=O) groups excluding carboxylic acids is 1. The first-order valence-corrected chi connectivity index (χ1v) is 6.52. The molecule has 0 saturated heterocycles. The lowest BCUT2D eigenvalue weighted by atomic mass is 10.1. The van der Waals surface area contributed by atoms with E-state index in [1.165, 1.54) is 12.1 Å². The van der Waals surface area contributed by atoms with Crippen molar-refractivity contribution in [2.45, 2.75) is 13.8 Å². The van der Waals surface area contributed by atoms with E-state index >= 15 is 0 Å². The lowest BCUT2D eigenvalue weighted by Gasteiger charge is -2.25. The first kappa shape index (κ1) is 15.8. The maximum Gasteiger partial charge on any atom is 0.337 e. The van der Waals surface area contributed by atoms with Crippen molar-refractivity contribution < 1.29 is 14.7 Å². The van der Waals surface area contributed by atoms with E-state index in [0.717, 1.165) is 0 Å². The Labute approximate surface area is 118 Å². The van der Waals surface area contributed by atoms with Crippen molar-refractivity contribution >= 4 is 23.3 Å². The minimum atomic E-state index is -1.04. The molecule has 6 heteroatoms. The summed E-state index contributed by atoms with van der Waals surface area (Å²) in [6, 6.07) is 4.55. The lowest BCUT2D eigenvalue weighted by Crippen LogP contribution is -2.39. The molecule has 0 aliphatic heterocycles. The van der Waals surface area contributed by atoms with Crippen molar-refractivity contribution in [3.8, 4) is 0 Å². The summed E-state index contributed by atoms with van der Waals surface area (Å²) in [4.78, 5) is 26.6. The van der Waals surface area contributed by atoms with E-state index in [4.69, 9.17) is 5.73 Å². The Morgan fingerprint density at radius 2 is 1.85 bits per heavy atom. The molecule has 0 aliphatic rings. The second kappa shape index (κ2) is 6.79. The summed E-state index contributed by atoms with van der Waals surface area (Å²) in [7, 11) is 1.68. The highest BCUT2D eigenvalue weighted by Crippen LogP contribution is 2.22. The van der Waals surface area contributed by atoms with Gasteiger partial charge >= 0.3 is 5.97 Å². The number of aromatic carboxylic acids is 1. The molecule has 110 valence electrons. The molecular formula is C14H21N3O3. The third-order valence-corrected chi connectivity index (χ3v) is 3.15. The molecule has 0 atom stereocenters. The molecule has 0 unspecified atom stereocenters. The van der Waals surface area contributed by atoms with E-state index < -0.39 is 5.97 Å². The molecule has 0 spiro atoms. The van der Waals surface area contributed by atoms with Crippen molar-refractivity contribution in [1.82, 2.24) is 4.90 Å². The number of carboxylic acid groups (broad SMARTS) is 1. The Balaban J connectivity index is 2.97. The lowest BCUT2D eigenvalue weighted by molar-refractivity contribution is -0.129. The van der Waals surface area contributed by atoms with Crippen LogP contribution in [0.15, 0.2) is 18.2 Å². The third kappa shape index (κ3) is 3.63. The number of nitrogens with two attached hydrogens (primary N) is 1. The van der Waals surface area contributed by atoms with Gasteiger partial charge in [0.1, 0.15) is 0 Å². The number of hydrogen-bond donors (Lipinski definition) is 2. The van der Waals surface area contributed by atoms with Gasteiger partial charge in [-0.1, -0.05) is 0 Å². The molecule has 20 heavy (non-hydrogen) atoms. The van der Waals surface area contributed by atoms with E-state index in [2.05, 4.69) is 0 Å². The number of benzene rings is 1. The van der Waals surface area contributed by atoms with E-state index in [0.29, 0.717) is 24.5 Å². The number of nitrogen functional groups attached to an aromatic ring is 1. The van der Waals surface area contributed by atoms with Crippen molar-refractivity contribution in [2.75, 3.05) is 37.3 Å². The number of nitrogens with zero attached hydrogens (tertiary/aromatic N) is 2. The molecule has 0 fully saturated rings. The zero-order valence-electron chi connectivity index (χ0n) is 12.1. The third-order valence-electron chi connectivity index (χ3n) is 3.15. The second-order valence-corrected chi connectivity index (χ2v) is 4.50. The monoisotopic (exact) mass is 279 g/mol. The Morgan fingerprint density at radius 1 is 1.25 bits per heavy atom. The Morgan fingerprint density at radius 3 is 2.35 bits per heavy atom. The summed E-state index contributed by atoms with van der Waals surface area (Å²) >= 11 is 0. The zero-order chi connectivity index (χ0) is 15.3. The molecule has 1 amide bonds. The van der Waals surface area contributed by atoms with E-state index in [9.17, 15) is 14.7 Å². The normalized spacial score (nSPS) is 10.2. The molecule has 3 N–H and O–H groups in total. The number of amides is 1. The van der Waals surface area contributed by atoms with Crippen LogP contribution >= 0.6 is 0 Å². The summed E-state index contributed by atoms with van der Waals surface area (Å²) in [5.41, 5.74) is 6.73. The Kier molecular flexibility index (Phi) is 5.37. The number of anilines is 2. The van der Waals surface area contributed by atoms with Crippen LogP contribution in [0.3, 0.4) is 0 Å². The predicted octanol–water partition coefficient (Wildman–Crippen LogP) is 1.27. The molecule has 0 aliphatic carbocycles. The van der Waals surface area contributed by atoms with Gasteiger partial charge in [0.15, 0.2) is 0 Å². The Hall–Kier alpha value is -2.24. The number of carbonyl (C=O) groups is 2. The van der Waals surface area contributed by atoms with Crippen LogP contribution in [0.2, 0.25) is 0 Å². The van der Waals surface area contributed by atoms with Crippen LogP contribution in [0.5, 0.6) is 0 Å². The van der Waals surface area contributed by atoms with E-state index in [-0.39, 0.29) is 18.0 Å². The number of likely N-dealkylation sites (N-methyl/N-ethyl adjacent to an activating group) is 2. The van der Waals surface area contributed by atoms with Gasteiger partial charge in [0.05, 0.1) is 17.8 Å². The predicted molar refractivity (Wildman–Crippen MR) is 79.0 cm³/mol. The highest BCUT2D eigenvalue weighted by atomic mass is 16.4. The van der Waals surface area contributed by atoms with Crippen molar-refractivity contribution in [3.05, 3.63) is 23.8 Å². The summed E-state index contributed by atoms with van der Waals surface area (Å²) in [5.74, 6) is -1.08. The molecule has 0 radical (unpaired) electrons. The highest BCUT2D eigenvalue weighted by molar-refractivity contribution is 5.96. The molecule has 6 nitrogen and oxygen atoms in total. The average molecular weight is 279 g/mol. The first-order valence-electron chi connectivity index (χ1n) is 6.52. The average Bonchev–Trinajstić information content (AvgIpc) is 2.39. The molecular weight excluding hydrogens is 258 g/mol. The van der Waals surface area contributed by atoms with Crippen molar-refractivity contribution in [3.63, 3.8) is 0 Å². The van der Waals surface area contributed by atoms with Crippen LogP contribution in [0.1, 0.15) is 24.2 Å². The number of rotatable bonds is 6. The summed E-state index contributed by atoms with van der Waals surface area (Å²) in [6.07, 6.45) is 0. The van der Waals surface area contributed by atoms with Gasteiger partial charge in [-0.15, -0.1) is 0 Å². The minimum absolute atomic E-state index is 0.0451. The quantitative estimate of drug-likeness (QED) is 0.766. The number of carboxylic acids is 1. The standard InChI is InChI=1S/C14H21N3O3/c1-4-17(5-2)13(18)9-16(3)12-8-10(15)6-7-11(12)14(19)20/h6-8H,4-5,9,15H2,1-3H3,(H,19,20). The minimum Gasteiger partial charge on any atom is -0.478 e. The number of hydrogen-bond acceptors (Lipinski definition) is 4. The molecule has 1 rings (SSSR count). The van der Waals surface area contributed by atoms with Crippen molar-refractivity contribution in [1.29, 1.82) is 0 Å². The van der Waals surface area contributed by atoms with Gasteiger partial charge in [0.25, 0.3) is 0 Å². The maximum atomic E-state index is 12.1. The van der Waals surface area contributed by atoms with Crippen LogP contribution in [0.25, 0.3) is 0 Å². The topological polar surface area (TPSA) is 86.9 Å². The molecule has 0 heterocycles. The van der Waals surface area contributed by atoms with E-state index in [1.807, 2.05) is 13.8 Å². The highest BCUT2D eigenvalue weighted by Gasteiger charge is 2.18.